The Balaban J connectivity index is 1.87. The maximum absolute atomic E-state index is 5.83. The first kappa shape index (κ1) is 12.4. The summed E-state index contributed by atoms with van der Waals surface area (Å²) >= 11 is 5.83. The highest BCUT2D eigenvalue weighted by Crippen LogP contribution is 2.13. The minimum atomic E-state index is 0.753. The molecule has 1 aliphatic heterocycles. The van der Waals surface area contributed by atoms with Crippen molar-refractivity contribution in [1.82, 2.24) is 0 Å². The molecule has 0 saturated carbocycles. The van der Waals surface area contributed by atoms with Gasteiger partial charge in [-0.2, -0.15) is 5.10 Å². The molecule has 2 rings (SSSR count). The van der Waals surface area contributed by atoms with E-state index in [1.165, 1.54) is 25.3 Å². The third-order valence-electron chi connectivity index (χ3n) is 3.22. The van der Waals surface area contributed by atoms with Crippen molar-refractivity contribution in [2.24, 2.45) is 5.10 Å². The molecule has 92 valence electrons. The molecule has 0 aliphatic carbocycles. The Labute approximate surface area is 107 Å². The van der Waals surface area contributed by atoms with E-state index in [0.717, 1.165) is 23.6 Å². The van der Waals surface area contributed by atoms with Crippen molar-refractivity contribution in [2.75, 3.05) is 25.1 Å². The molecule has 3 nitrogen and oxygen atoms in total. The van der Waals surface area contributed by atoms with Gasteiger partial charge in [0.2, 0.25) is 0 Å². The lowest BCUT2D eigenvalue weighted by Crippen LogP contribution is -3.12. The molecule has 0 aromatic heterocycles. The van der Waals surface area contributed by atoms with Crippen molar-refractivity contribution in [3.8, 4) is 0 Å². The number of nitrogens with zero attached hydrogens (tertiary/aromatic N) is 1. The molecule has 1 aromatic carbocycles. The second-order valence-electron chi connectivity index (χ2n) is 4.40. The molecule has 1 saturated heterocycles. The van der Waals surface area contributed by atoms with Crippen LogP contribution in [-0.4, -0.2) is 25.3 Å². The Morgan fingerprint density at radius 1 is 1.24 bits per heavy atom. The van der Waals surface area contributed by atoms with Crippen LogP contribution in [0.1, 0.15) is 19.8 Å². The average molecular weight is 253 g/mol. The fraction of sp³-hybridized carbons (Fsp3) is 0.462. The summed E-state index contributed by atoms with van der Waals surface area (Å²) in [7, 11) is 0. The first-order valence-electron chi connectivity index (χ1n) is 6.18. The summed E-state index contributed by atoms with van der Waals surface area (Å²) in [6.45, 7) is 5.87. The van der Waals surface area contributed by atoms with Gasteiger partial charge in [0.1, 0.15) is 0 Å². The van der Waals surface area contributed by atoms with E-state index in [4.69, 9.17) is 11.6 Å². The smallest absolute Gasteiger partial charge is 0.0824 e. The van der Waals surface area contributed by atoms with Gasteiger partial charge in [0.15, 0.2) is 0 Å². The van der Waals surface area contributed by atoms with E-state index in [9.17, 15) is 0 Å². The molecular weight excluding hydrogens is 234 g/mol. The van der Waals surface area contributed by atoms with Gasteiger partial charge in [-0.25, -0.2) is 0 Å². The van der Waals surface area contributed by atoms with Gasteiger partial charge < -0.3 is 4.90 Å². The minimum Gasteiger partial charge on any atom is -0.335 e. The van der Waals surface area contributed by atoms with Gasteiger partial charge in [-0.1, -0.05) is 11.6 Å². The zero-order valence-electron chi connectivity index (χ0n) is 10.2. The first-order chi connectivity index (χ1) is 8.28. The molecule has 0 amide bonds. The average Bonchev–Trinajstić information content (AvgIpc) is 2.39. The summed E-state index contributed by atoms with van der Waals surface area (Å²) in [5.41, 5.74) is 5.36. The van der Waals surface area contributed by atoms with E-state index in [2.05, 4.69) is 17.5 Å². The molecule has 0 spiro atoms. The van der Waals surface area contributed by atoms with Crippen LogP contribution in [0.2, 0.25) is 5.02 Å². The van der Waals surface area contributed by atoms with Crippen LogP contribution in [0.5, 0.6) is 0 Å². The van der Waals surface area contributed by atoms with Gasteiger partial charge in [-0.15, -0.1) is 0 Å². The normalized spacial score (nSPS) is 20.1. The molecule has 0 unspecified atom stereocenters. The Hall–Kier alpha value is -1.06. The summed E-state index contributed by atoms with van der Waals surface area (Å²) in [6, 6.07) is 7.62. The lowest BCUT2D eigenvalue weighted by molar-refractivity contribution is -0.899. The zero-order chi connectivity index (χ0) is 12.1. The van der Waals surface area contributed by atoms with Crippen LogP contribution < -0.4 is 10.3 Å². The fourth-order valence-electron chi connectivity index (χ4n) is 2.03. The lowest BCUT2D eigenvalue weighted by atomic mass is 10.1. The monoisotopic (exact) mass is 252 g/mol. The number of hydrogen-bond acceptors (Lipinski definition) is 2. The van der Waals surface area contributed by atoms with E-state index in [-0.39, 0.29) is 0 Å². The molecule has 0 radical (unpaired) electrons. The van der Waals surface area contributed by atoms with Gasteiger partial charge in [-0.3, -0.25) is 5.43 Å². The van der Waals surface area contributed by atoms with Gasteiger partial charge in [0, 0.05) is 23.6 Å². The summed E-state index contributed by atoms with van der Waals surface area (Å²) in [6.07, 6.45) is 2.20. The number of anilines is 1. The largest absolute Gasteiger partial charge is 0.335 e. The number of nitrogens with one attached hydrogen (secondary N) is 2. The quantitative estimate of drug-likeness (QED) is 0.790. The van der Waals surface area contributed by atoms with Crippen LogP contribution in [0, 0.1) is 0 Å². The zero-order valence-corrected chi connectivity index (χ0v) is 10.9. The van der Waals surface area contributed by atoms with Crippen molar-refractivity contribution in [1.29, 1.82) is 0 Å². The molecular formula is C13H19ClN3+. The third-order valence-corrected chi connectivity index (χ3v) is 3.47. The maximum Gasteiger partial charge on any atom is 0.0824 e. The summed E-state index contributed by atoms with van der Waals surface area (Å²) < 4.78 is 0. The second-order valence-corrected chi connectivity index (χ2v) is 4.84. The van der Waals surface area contributed by atoms with Crippen LogP contribution >= 0.6 is 11.6 Å². The number of hydrogen-bond donors (Lipinski definition) is 2. The van der Waals surface area contributed by atoms with Crippen LogP contribution in [0.4, 0.5) is 5.69 Å². The second kappa shape index (κ2) is 6.03. The lowest BCUT2D eigenvalue weighted by Gasteiger charge is -2.23. The molecule has 0 atom stereocenters. The highest BCUT2D eigenvalue weighted by Gasteiger charge is 2.16. The summed E-state index contributed by atoms with van der Waals surface area (Å²) in [5, 5.41) is 5.21. The predicted molar refractivity (Wildman–Crippen MR) is 73.0 cm³/mol. The van der Waals surface area contributed by atoms with Crippen LogP contribution in [0.25, 0.3) is 0 Å². The molecule has 0 bridgehead atoms. The van der Waals surface area contributed by atoms with Gasteiger partial charge in [0.05, 0.1) is 25.3 Å². The Morgan fingerprint density at radius 2 is 1.88 bits per heavy atom. The first-order valence-corrected chi connectivity index (χ1v) is 6.56. The Morgan fingerprint density at radius 3 is 2.47 bits per heavy atom. The molecule has 4 heteroatoms. The van der Waals surface area contributed by atoms with Gasteiger partial charge in [-0.05, 0) is 31.2 Å². The van der Waals surface area contributed by atoms with Gasteiger partial charge in [0.25, 0.3) is 0 Å². The highest BCUT2D eigenvalue weighted by molar-refractivity contribution is 6.30. The third kappa shape index (κ3) is 3.72. The van der Waals surface area contributed by atoms with E-state index in [1.54, 1.807) is 4.90 Å². The van der Waals surface area contributed by atoms with Crippen LogP contribution in [0.3, 0.4) is 0 Å². The predicted octanol–water partition coefficient (Wildman–Crippen LogP) is 1.81. The van der Waals surface area contributed by atoms with Crippen molar-refractivity contribution in [3.05, 3.63) is 29.3 Å². The molecule has 1 aliphatic rings. The van der Waals surface area contributed by atoms with Gasteiger partial charge >= 0.3 is 0 Å². The number of halogens is 1. The number of hydrazone groups is 1. The molecule has 1 fully saturated rings. The van der Waals surface area contributed by atoms with Crippen molar-refractivity contribution < 1.29 is 4.90 Å². The maximum atomic E-state index is 5.83. The highest BCUT2D eigenvalue weighted by atomic mass is 35.5. The summed E-state index contributed by atoms with van der Waals surface area (Å²) in [5.74, 6) is 0. The van der Waals surface area contributed by atoms with E-state index < -0.39 is 0 Å². The molecule has 1 heterocycles. The molecule has 1 aromatic rings. The topological polar surface area (TPSA) is 28.8 Å². The van der Waals surface area contributed by atoms with Crippen LogP contribution in [0.15, 0.2) is 29.4 Å². The number of piperidine rings is 1. The molecule has 17 heavy (non-hydrogen) atoms. The molecule has 2 N–H and O–H groups in total. The summed E-state index contributed by atoms with van der Waals surface area (Å²) in [4.78, 5) is 1.68. The van der Waals surface area contributed by atoms with E-state index in [1.807, 2.05) is 24.3 Å². The Bertz CT molecular complexity index is 376. The fourth-order valence-corrected chi connectivity index (χ4v) is 2.15. The Kier molecular flexibility index (Phi) is 4.40. The number of benzene rings is 1. The number of likely N-dealkylation sites (tertiary alicyclic amines) is 1. The number of quaternary nitrogens is 1. The van der Waals surface area contributed by atoms with Crippen molar-refractivity contribution >= 4 is 23.0 Å². The number of rotatable bonds is 3. The SMILES string of the molecule is CC[NH+]1CCC(=NNc2ccc(Cl)cc2)CC1. The van der Waals surface area contributed by atoms with E-state index >= 15 is 0 Å². The van der Waals surface area contributed by atoms with Crippen LogP contribution in [-0.2, 0) is 0 Å². The van der Waals surface area contributed by atoms with Crippen molar-refractivity contribution in [2.45, 2.75) is 19.8 Å². The minimum absolute atomic E-state index is 0.753. The van der Waals surface area contributed by atoms with Crippen molar-refractivity contribution in [3.63, 3.8) is 0 Å². The standard InChI is InChI=1S/C13H18ClN3/c1-2-17-9-7-13(8-10-17)16-15-12-5-3-11(14)4-6-12/h3-6,15H,2,7-10H2,1H3/p+1. The van der Waals surface area contributed by atoms with E-state index in [0.29, 0.717) is 0 Å².